The second kappa shape index (κ2) is 8.54. The quantitative estimate of drug-likeness (QED) is 0.586. The van der Waals surface area contributed by atoms with E-state index in [1.54, 1.807) is 37.5 Å². The van der Waals surface area contributed by atoms with Gasteiger partial charge in [-0.05, 0) is 24.3 Å². The average molecular weight is 346 g/mol. The van der Waals surface area contributed by atoms with E-state index in [0.29, 0.717) is 6.54 Å². The number of thioether (sulfide) groups is 1. The highest BCUT2D eigenvalue weighted by atomic mass is 32.2. The minimum absolute atomic E-state index is 0.0931. The van der Waals surface area contributed by atoms with Gasteiger partial charge < -0.3 is 14.6 Å². The second-order valence-electron chi connectivity index (χ2n) is 5.46. The monoisotopic (exact) mass is 346 g/mol. The molecule has 1 aromatic carbocycles. The number of carbonyl (C=O) groups is 1. The number of methoxy groups -OCH3 is 1. The zero-order valence-electron chi connectivity index (χ0n) is 14.2. The Morgan fingerprint density at radius 3 is 2.67 bits per heavy atom. The van der Waals surface area contributed by atoms with Crippen molar-refractivity contribution in [3.8, 4) is 5.75 Å². The summed E-state index contributed by atoms with van der Waals surface area (Å²) in [5, 5.41) is 12.0. The van der Waals surface area contributed by atoms with Crippen LogP contribution in [0.15, 0.2) is 42.1 Å². The molecule has 1 amide bonds. The fourth-order valence-electron chi connectivity index (χ4n) is 2.14. The lowest BCUT2D eigenvalue weighted by Crippen LogP contribution is -2.14. The zero-order chi connectivity index (χ0) is 17.5. The normalized spacial score (nSPS) is 10.7. The van der Waals surface area contributed by atoms with E-state index < -0.39 is 0 Å². The van der Waals surface area contributed by atoms with Crippen LogP contribution in [0.1, 0.15) is 25.6 Å². The largest absolute Gasteiger partial charge is 0.497 e. The number of aromatic nitrogens is 3. The van der Waals surface area contributed by atoms with E-state index in [9.17, 15) is 4.79 Å². The van der Waals surface area contributed by atoms with Crippen molar-refractivity contribution in [1.82, 2.24) is 14.8 Å². The summed E-state index contributed by atoms with van der Waals surface area (Å²) in [6.45, 7) is 8.52. The molecular formula is C17H22N4O2S. The smallest absolute Gasteiger partial charge is 0.234 e. The van der Waals surface area contributed by atoms with Crippen LogP contribution in [0.3, 0.4) is 0 Å². The summed E-state index contributed by atoms with van der Waals surface area (Å²) in [6.07, 6.45) is 1.80. The number of benzene rings is 1. The number of amides is 1. The summed E-state index contributed by atoms with van der Waals surface area (Å²) < 4.78 is 7.08. The molecule has 0 fully saturated rings. The van der Waals surface area contributed by atoms with E-state index in [1.165, 1.54) is 11.8 Å². The summed E-state index contributed by atoms with van der Waals surface area (Å²) in [5.74, 6) is 2.08. The Balaban J connectivity index is 1.97. The molecule has 0 atom stereocenters. The lowest BCUT2D eigenvalue weighted by Gasteiger charge is -2.10. The molecule has 1 N–H and O–H groups in total. The Labute approximate surface area is 146 Å². The maximum absolute atomic E-state index is 12.1. The van der Waals surface area contributed by atoms with Crippen LogP contribution in [0.25, 0.3) is 0 Å². The maximum Gasteiger partial charge on any atom is 0.234 e. The number of ether oxygens (including phenoxy) is 1. The van der Waals surface area contributed by atoms with E-state index in [2.05, 4.69) is 35.9 Å². The summed E-state index contributed by atoms with van der Waals surface area (Å²) in [6, 6.07) is 7.22. The number of hydrogen-bond donors (Lipinski definition) is 1. The summed E-state index contributed by atoms with van der Waals surface area (Å²) in [4.78, 5) is 12.1. The molecule has 24 heavy (non-hydrogen) atoms. The van der Waals surface area contributed by atoms with Gasteiger partial charge in [-0.15, -0.1) is 16.8 Å². The average Bonchev–Trinajstić information content (AvgIpc) is 2.97. The fraction of sp³-hybridized carbons (Fsp3) is 0.353. The van der Waals surface area contributed by atoms with Crippen molar-refractivity contribution in [3.63, 3.8) is 0 Å². The number of hydrogen-bond acceptors (Lipinski definition) is 5. The van der Waals surface area contributed by atoms with Gasteiger partial charge in [0, 0.05) is 18.2 Å². The molecule has 0 bridgehead atoms. The highest BCUT2D eigenvalue weighted by molar-refractivity contribution is 7.99. The van der Waals surface area contributed by atoms with Crippen LogP contribution in [0.4, 0.5) is 5.69 Å². The van der Waals surface area contributed by atoms with Gasteiger partial charge in [0.25, 0.3) is 0 Å². The molecule has 1 heterocycles. The SMILES string of the molecule is C=CCn1c(SCC(=O)Nc2ccc(OC)cc2)nnc1C(C)C. The molecule has 0 spiro atoms. The number of anilines is 1. The Kier molecular flexibility index (Phi) is 6.43. The second-order valence-corrected chi connectivity index (χ2v) is 6.40. The number of nitrogens with zero attached hydrogens (tertiary/aromatic N) is 3. The van der Waals surface area contributed by atoms with E-state index in [1.807, 2.05) is 4.57 Å². The molecule has 0 aliphatic rings. The Morgan fingerprint density at radius 2 is 2.08 bits per heavy atom. The number of allylic oxidation sites excluding steroid dienone is 1. The molecule has 0 aliphatic heterocycles. The van der Waals surface area contributed by atoms with Gasteiger partial charge in [-0.1, -0.05) is 31.7 Å². The molecule has 0 saturated carbocycles. The number of nitrogens with one attached hydrogen (secondary N) is 1. The molecule has 0 saturated heterocycles. The van der Waals surface area contributed by atoms with Crippen LogP contribution in [-0.2, 0) is 11.3 Å². The van der Waals surface area contributed by atoms with Crippen LogP contribution in [0.2, 0.25) is 0 Å². The third kappa shape index (κ3) is 4.61. The van der Waals surface area contributed by atoms with Gasteiger partial charge in [0.15, 0.2) is 5.16 Å². The molecule has 0 radical (unpaired) electrons. The first kappa shape index (κ1) is 18.1. The first-order chi connectivity index (χ1) is 11.5. The molecule has 0 unspecified atom stereocenters. The van der Waals surface area contributed by atoms with Crippen LogP contribution in [0, 0.1) is 0 Å². The molecular weight excluding hydrogens is 324 g/mol. The van der Waals surface area contributed by atoms with Crippen molar-refractivity contribution in [1.29, 1.82) is 0 Å². The van der Waals surface area contributed by atoms with Gasteiger partial charge in [-0.3, -0.25) is 4.79 Å². The van der Waals surface area contributed by atoms with Crippen LogP contribution < -0.4 is 10.1 Å². The Morgan fingerprint density at radius 1 is 1.38 bits per heavy atom. The molecule has 7 heteroatoms. The Bertz CT molecular complexity index is 695. The minimum Gasteiger partial charge on any atom is -0.497 e. The van der Waals surface area contributed by atoms with Gasteiger partial charge >= 0.3 is 0 Å². The lowest BCUT2D eigenvalue weighted by molar-refractivity contribution is -0.113. The van der Waals surface area contributed by atoms with E-state index in [4.69, 9.17) is 4.74 Å². The first-order valence-corrected chi connectivity index (χ1v) is 8.64. The van der Waals surface area contributed by atoms with Crippen molar-refractivity contribution in [2.24, 2.45) is 0 Å². The third-order valence-electron chi connectivity index (χ3n) is 3.28. The fourth-order valence-corrected chi connectivity index (χ4v) is 2.89. The molecule has 1 aromatic heterocycles. The van der Waals surface area contributed by atoms with Gasteiger partial charge in [0.2, 0.25) is 5.91 Å². The topological polar surface area (TPSA) is 69.0 Å². The molecule has 6 nitrogen and oxygen atoms in total. The molecule has 2 rings (SSSR count). The van der Waals surface area contributed by atoms with Crippen molar-refractivity contribution < 1.29 is 9.53 Å². The van der Waals surface area contributed by atoms with E-state index >= 15 is 0 Å². The van der Waals surface area contributed by atoms with E-state index in [0.717, 1.165) is 22.4 Å². The highest BCUT2D eigenvalue weighted by Gasteiger charge is 2.15. The predicted molar refractivity (Wildman–Crippen MR) is 96.7 cm³/mol. The molecule has 0 aliphatic carbocycles. The standard InChI is InChI=1S/C17H22N4O2S/c1-5-10-21-16(12(2)3)19-20-17(21)24-11-15(22)18-13-6-8-14(23-4)9-7-13/h5-9,12H,1,10-11H2,2-4H3,(H,18,22). The van der Waals surface area contributed by atoms with Crippen molar-refractivity contribution in [3.05, 3.63) is 42.7 Å². The van der Waals surface area contributed by atoms with Gasteiger partial charge in [-0.25, -0.2) is 0 Å². The van der Waals surface area contributed by atoms with Crippen molar-refractivity contribution >= 4 is 23.4 Å². The zero-order valence-corrected chi connectivity index (χ0v) is 15.0. The first-order valence-electron chi connectivity index (χ1n) is 7.65. The number of rotatable bonds is 8. The predicted octanol–water partition coefficient (Wildman–Crippen LogP) is 3.33. The minimum atomic E-state index is -0.0931. The van der Waals surface area contributed by atoms with Crippen molar-refractivity contribution in [2.75, 3.05) is 18.2 Å². The van der Waals surface area contributed by atoms with Gasteiger partial charge in [-0.2, -0.15) is 0 Å². The summed E-state index contributed by atoms with van der Waals surface area (Å²) in [5.41, 5.74) is 0.733. The van der Waals surface area contributed by atoms with Crippen LogP contribution >= 0.6 is 11.8 Å². The third-order valence-corrected chi connectivity index (χ3v) is 4.25. The van der Waals surface area contributed by atoms with Crippen molar-refractivity contribution in [2.45, 2.75) is 31.5 Å². The van der Waals surface area contributed by atoms with E-state index in [-0.39, 0.29) is 17.6 Å². The molecule has 2 aromatic rings. The number of carbonyl (C=O) groups excluding carboxylic acids is 1. The summed E-state index contributed by atoms with van der Waals surface area (Å²) >= 11 is 1.37. The lowest BCUT2D eigenvalue weighted by atomic mass is 10.2. The van der Waals surface area contributed by atoms with Gasteiger partial charge in [0.05, 0.1) is 12.9 Å². The Hall–Kier alpha value is -2.28. The maximum atomic E-state index is 12.1. The highest BCUT2D eigenvalue weighted by Crippen LogP contribution is 2.22. The van der Waals surface area contributed by atoms with Crippen LogP contribution in [-0.4, -0.2) is 33.5 Å². The summed E-state index contributed by atoms with van der Waals surface area (Å²) in [7, 11) is 1.61. The van der Waals surface area contributed by atoms with Crippen LogP contribution in [0.5, 0.6) is 5.75 Å². The molecule has 128 valence electrons. The van der Waals surface area contributed by atoms with Gasteiger partial charge in [0.1, 0.15) is 11.6 Å².